The van der Waals surface area contributed by atoms with E-state index in [1.165, 1.54) is 36.5 Å². The van der Waals surface area contributed by atoms with Gasteiger partial charge in [-0.15, -0.1) is 0 Å². The zero-order chi connectivity index (χ0) is 25.8. The zero-order valence-electron chi connectivity index (χ0n) is 19.1. The molecule has 3 heterocycles. The van der Waals surface area contributed by atoms with Crippen molar-refractivity contribution in [3.63, 3.8) is 0 Å². The number of hydrazone groups is 1. The van der Waals surface area contributed by atoms with Crippen LogP contribution in [0.5, 0.6) is 11.5 Å². The maximum atomic E-state index is 11.5. The number of non-ortho nitro benzene ring substituents is 1. The molecule has 2 aliphatic heterocycles. The number of fused-ring (bicyclic) bond motifs is 1. The highest BCUT2D eigenvalue weighted by molar-refractivity contribution is 5.87. The number of hydrogen-bond donors (Lipinski definition) is 2. The number of ether oxygens (including phenoxy) is 3. The molecular formula is C21H19N9O7. The van der Waals surface area contributed by atoms with E-state index in [2.05, 4.69) is 30.8 Å². The zero-order valence-corrected chi connectivity index (χ0v) is 19.1. The van der Waals surface area contributed by atoms with E-state index in [1.54, 1.807) is 6.07 Å². The van der Waals surface area contributed by atoms with Crippen LogP contribution in [0.4, 0.5) is 34.9 Å². The lowest BCUT2D eigenvalue weighted by molar-refractivity contribution is -0.385. The average Bonchev–Trinajstić information content (AvgIpc) is 3.36. The van der Waals surface area contributed by atoms with Crippen LogP contribution < -0.4 is 25.1 Å². The first-order chi connectivity index (χ1) is 18.0. The summed E-state index contributed by atoms with van der Waals surface area (Å²) in [6.07, 6.45) is 1.24. The first-order valence-corrected chi connectivity index (χ1v) is 10.9. The highest BCUT2D eigenvalue weighted by Crippen LogP contribution is 2.37. The smallest absolute Gasteiger partial charge is 0.282 e. The van der Waals surface area contributed by atoms with E-state index in [0.717, 1.165) is 0 Å². The van der Waals surface area contributed by atoms with Crippen LogP contribution in [0, 0.1) is 20.2 Å². The number of hydrogen-bond acceptors (Lipinski definition) is 14. The van der Waals surface area contributed by atoms with Gasteiger partial charge in [0, 0.05) is 30.9 Å². The Bertz CT molecular complexity index is 1380. The Labute approximate surface area is 208 Å². The fourth-order valence-corrected chi connectivity index (χ4v) is 3.57. The molecule has 0 amide bonds. The summed E-state index contributed by atoms with van der Waals surface area (Å²) in [5, 5.41) is 29.6. The minimum atomic E-state index is -0.552. The lowest BCUT2D eigenvalue weighted by Crippen LogP contribution is -2.37. The quantitative estimate of drug-likeness (QED) is 0.256. The fraction of sp³-hybridized carbons (Fsp3) is 0.238. The van der Waals surface area contributed by atoms with Gasteiger partial charge < -0.3 is 24.4 Å². The van der Waals surface area contributed by atoms with E-state index in [0.29, 0.717) is 43.7 Å². The van der Waals surface area contributed by atoms with Crippen molar-refractivity contribution in [1.82, 2.24) is 15.0 Å². The molecule has 16 nitrogen and oxygen atoms in total. The maximum absolute atomic E-state index is 11.5. The number of nitrogens with one attached hydrogen (secondary N) is 2. The number of anilines is 4. The molecule has 2 aliphatic rings. The predicted octanol–water partition coefficient (Wildman–Crippen LogP) is 2.44. The second kappa shape index (κ2) is 10.2. The van der Waals surface area contributed by atoms with E-state index in [-0.39, 0.29) is 41.4 Å². The van der Waals surface area contributed by atoms with Crippen LogP contribution in [0.2, 0.25) is 0 Å². The van der Waals surface area contributed by atoms with E-state index < -0.39 is 9.85 Å². The number of aromatic nitrogens is 3. The lowest BCUT2D eigenvalue weighted by atomic mass is 10.1. The van der Waals surface area contributed by atoms with Gasteiger partial charge in [0.25, 0.3) is 11.4 Å². The maximum Gasteiger partial charge on any atom is 0.282 e. The van der Waals surface area contributed by atoms with Gasteiger partial charge in [0.05, 0.1) is 40.9 Å². The van der Waals surface area contributed by atoms with E-state index in [9.17, 15) is 20.2 Å². The Kier molecular flexibility index (Phi) is 6.54. The van der Waals surface area contributed by atoms with Crippen LogP contribution >= 0.6 is 0 Å². The molecule has 1 fully saturated rings. The summed E-state index contributed by atoms with van der Waals surface area (Å²) in [5.74, 6) is 1.14. The molecule has 2 aromatic carbocycles. The Morgan fingerprint density at radius 1 is 0.973 bits per heavy atom. The summed E-state index contributed by atoms with van der Waals surface area (Å²) in [7, 11) is 0. The molecule has 1 aromatic heterocycles. The first-order valence-electron chi connectivity index (χ1n) is 10.9. The van der Waals surface area contributed by atoms with Crippen LogP contribution in [-0.2, 0) is 4.74 Å². The van der Waals surface area contributed by atoms with E-state index in [1.807, 2.05) is 4.90 Å². The normalized spacial score (nSPS) is 14.5. The number of nitrogens with zero attached hydrogens (tertiary/aromatic N) is 7. The SMILES string of the molecule is O=[N+]([O-])c1cccc(Nc2nc(N/N=C\c3cc4c(cc3[N+](=O)[O-])OCO4)nc(N3CCOCC3)n2)c1. The van der Waals surface area contributed by atoms with Gasteiger partial charge in [-0.25, -0.2) is 5.43 Å². The third-order valence-electron chi connectivity index (χ3n) is 5.32. The second-order valence-corrected chi connectivity index (χ2v) is 7.71. The molecule has 0 saturated carbocycles. The molecule has 190 valence electrons. The molecule has 2 N–H and O–H groups in total. The van der Waals surface area contributed by atoms with Crippen LogP contribution in [0.3, 0.4) is 0 Å². The number of rotatable bonds is 8. The molecule has 0 aliphatic carbocycles. The van der Waals surface area contributed by atoms with Crippen molar-refractivity contribution in [3.8, 4) is 11.5 Å². The monoisotopic (exact) mass is 509 g/mol. The highest BCUT2D eigenvalue weighted by Gasteiger charge is 2.23. The number of morpholine rings is 1. The largest absolute Gasteiger partial charge is 0.454 e. The molecule has 0 atom stereocenters. The molecule has 16 heteroatoms. The number of nitro benzene ring substituents is 2. The summed E-state index contributed by atoms with van der Waals surface area (Å²) in [4.78, 5) is 36.5. The van der Waals surface area contributed by atoms with Gasteiger partial charge in [-0.2, -0.15) is 20.1 Å². The molecular weight excluding hydrogens is 490 g/mol. The topological polar surface area (TPSA) is 192 Å². The molecule has 5 rings (SSSR count). The van der Waals surface area contributed by atoms with E-state index in [4.69, 9.17) is 14.2 Å². The minimum absolute atomic E-state index is 0.0269. The Morgan fingerprint density at radius 3 is 2.49 bits per heavy atom. The lowest BCUT2D eigenvalue weighted by Gasteiger charge is -2.27. The first kappa shape index (κ1) is 23.6. The molecule has 0 unspecified atom stereocenters. The van der Waals surface area contributed by atoms with Gasteiger partial charge in [-0.1, -0.05) is 6.07 Å². The van der Waals surface area contributed by atoms with Crippen LogP contribution in [0.25, 0.3) is 0 Å². The van der Waals surface area contributed by atoms with Crippen molar-refractivity contribution in [2.75, 3.05) is 48.7 Å². The molecule has 37 heavy (non-hydrogen) atoms. The van der Waals surface area contributed by atoms with Crippen LogP contribution in [-0.4, -0.2) is 64.1 Å². The summed E-state index contributed by atoms with van der Waals surface area (Å²) in [6.45, 7) is 2.06. The van der Waals surface area contributed by atoms with Gasteiger partial charge in [-0.05, 0) is 12.1 Å². The molecule has 1 saturated heterocycles. The predicted molar refractivity (Wildman–Crippen MR) is 130 cm³/mol. The molecule has 0 bridgehead atoms. The summed E-state index contributed by atoms with van der Waals surface area (Å²) >= 11 is 0. The minimum Gasteiger partial charge on any atom is -0.454 e. The summed E-state index contributed by atoms with van der Waals surface area (Å²) in [5.41, 5.74) is 2.94. The molecule has 0 spiro atoms. The van der Waals surface area contributed by atoms with Crippen LogP contribution in [0.15, 0.2) is 41.5 Å². The molecule has 3 aromatic rings. The number of nitro groups is 2. The van der Waals surface area contributed by atoms with Crippen molar-refractivity contribution < 1.29 is 24.1 Å². The van der Waals surface area contributed by atoms with Crippen molar-refractivity contribution >= 4 is 41.1 Å². The standard InChI is InChI=1S/C21H19N9O7/c31-29(32)15-3-1-2-14(9-15)23-19-24-20(26-21(25-19)28-4-6-35-7-5-28)27-22-11-13-8-17-18(37-12-36-17)10-16(13)30(33)34/h1-3,8-11H,4-7,12H2,(H2,23,24,25,26,27)/b22-11-. The second-order valence-electron chi connectivity index (χ2n) is 7.71. The Balaban J connectivity index is 1.42. The Hall–Kier alpha value is -5.12. The summed E-state index contributed by atoms with van der Waals surface area (Å²) in [6, 6.07) is 8.61. The summed E-state index contributed by atoms with van der Waals surface area (Å²) < 4.78 is 15.9. The van der Waals surface area contributed by atoms with Gasteiger partial charge in [0.2, 0.25) is 24.6 Å². The van der Waals surface area contributed by atoms with E-state index >= 15 is 0 Å². The van der Waals surface area contributed by atoms with Crippen molar-refractivity contribution in [1.29, 1.82) is 0 Å². The van der Waals surface area contributed by atoms with Gasteiger partial charge in [0.15, 0.2) is 11.5 Å². The van der Waals surface area contributed by atoms with Gasteiger partial charge in [0.1, 0.15) is 0 Å². The van der Waals surface area contributed by atoms with Crippen molar-refractivity contribution in [2.45, 2.75) is 0 Å². The van der Waals surface area contributed by atoms with Crippen molar-refractivity contribution in [3.05, 3.63) is 62.2 Å². The Morgan fingerprint density at radius 2 is 1.73 bits per heavy atom. The van der Waals surface area contributed by atoms with Gasteiger partial charge >= 0.3 is 0 Å². The molecule has 0 radical (unpaired) electrons. The van der Waals surface area contributed by atoms with Gasteiger partial charge in [-0.3, -0.25) is 20.2 Å². The third-order valence-corrected chi connectivity index (χ3v) is 5.32. The average molecular weight is 509 g/mol. The fourth-order valence-electron chi connectivity index (χ4n) is 3.57. The highest BCUT2D eigenvalue weighted by atomic mass is 16.7. The van der Waals surface area contributed by atoms with Crippen molar-refractivity contribution in [2.24, 2.45) is 5.10 Å². The number of benzene rings is 2. The van der Waals surface area contributed by atoms with Crippen LogP contribution in [0.1, 0.15) is 5.56 Å². The third kappa shape index (κ3) is 5.43.